The lowest BCUT2D eigenvalue weighted by atomic mass is 9.46. The van der Waals surface area contributed by atoms with Gasteiger partial charge in [0.2, 0.25) is 0 Å². The fraction of sp³-hybridized carbons (Fsp3) is 0.742. The first kappa shape index (κ1) is 25.4. The molecule has 1 aromatic rings. The summed E-state index contributed by atoms with van der Waals surface area (Å²) >= 11 is 2.06. The number of benzene rings is 1. The second kappa shape index (κ2) is 9.73. The van der Waals surface area contributed by atoms with Crippen LogP contribution in [0.5, 0.6) is 0 Å². The molecule has 2 heteroatoms. The van der Waals surface area contributed by atoms with Gasteiger partial charge in [-0.1, -0.05) is 64.5 Å². The van der Waals surface area contributed by atoms with Crippen LogP contribution in [0.3, 0.4) is 0 Å². The van der Waals surface area contributed by atoms with Crippen LogP contribution in [0.4, 0.5) is 0 Å². The molecule has 1 aromatic carbocycles. The number of aliphatic hydroxyl groups is 1. The summed E-state index contributed by atoms with van der Waals surface area (Å²) in [5, 5.41) is 10.7. The van der Waals surface area contributed by atoms with Gasteiger partial charge in [0, 0.05) is 10.6 Å². The lowest BCUT2D eigenvalue weighted by molar-refractivity contribution is -0.0692. The maximum Gasteiger partial charge on any atom is 0.0657 e. The molecule has 0 aromatic heterocycles. The van der Waals surface area contributed by atoms with Crippen molar-refractivity contribution in [2.45, 2.75) is 103 Å². The molecule has 0 saturated heterocycles. The topological polar surface area (TPSA) is 20.2 Å². The number of fused-ring (bicyclic) bond motifs is 5. The van der Waals surface area contributed by atoms with Crippen LogP contribution in [-0.4, -0.2) is 16.5 Å². The Morgan fingerprint density at radius 3 is 2.42 bits per heavy atom. The Labute approximate surface area is 208 Å². The Balaban J connectivity index is 0.00000126. The van der Waals surface area contributed by atoms with Crippen LogP contribution in [0, 0.1) is 40.4 Å². The van der Waals surface area contributed by atoms with E-state index in [0.29, 0.717) is 10.8 Å². The highest BCUT2D eigenvalue weighted by atomic mass is 32.2. The molecule has 0 aliphatic heterocycles. The molecule has 0 radical (unpaired) electrons. The SMILES string of the molecule is CC.C[C@H](CSc1ccccc1)C1CCC2C3CC=C4C[C@@](C)(O)CCC4(C)C3CCC21C. The first-order valence-corrected chi connectivity index (χ1v) is 14.8. The van der Waals surface area contributed by atoms with Crippen molar-refractivity contribution in [2.24, 2.45) is 40.4 Å². The summed E-state index contributed by atoms with van der Waals surface area (Å²) in [6, 6.07) is 11.0. The van der Waals surface area contributed by atoms with Crippen LogP contribution in [0.2, 0.25) is 0 Å². The maximum atomic E-state index is 10.7. The molecule has 184 valence electrons. The van der Waals surface area contributed by atoms with Crippen molar-refractivity contribution < 1.29 is 5.11 Å². The molecular weight excluding hydrogens is 420 g/mol. The third-order valence-corrected chi connectivity index (χ3v) is 11.7. The average Bonchev–Trinajstić information content (AvgIpc) is 3.17. The number of allylic oxidation sites excluding steroid dienone is 1. The molecule has 4 aliphatic rings. The molecule has 5 rings (SSSR count). The van der Waals surface area contributed by atoms with Crippen molar-refractivity contribution in [2.75, 3.05) is 5.75 Å². The van der Waals surface area contributed by atoms with Crippen molar-refractivity contribution in [3.8, 4) is 0 Å². The van der Waals surface area contributed by atoms with E-state index in [4.69, 9.17) is 0 Å². The molecule has 0 bridgehead atoms. The quantitative estimate of drug-likeness (QED) is 0.352. The van der Waals surface area contributed by atoms with Gasteiger partial charge in [-0.2, -0.15) is 0 Å². The van der Waals surface area contributed by atoms with Gasteiger partial charge in [-0.25, -0.2) is 0 Å². The van der Waals surface area contributed by atoms with Crippen molar-refractivity contribution in [1.82, 2.24) is 0 Å². The van der Waals surface area contributed by atoms with Gasteiger partial charge in [0.15, 0.2) is 0 Å². The van der Waals surface area contributed by atoms with E-state index in [1.807, 2.05) is 20.8 Å². The fourth-order valence-electron chi connectivity index (χ4n) is 8.64. The van der Waals surface area contributed by atoms with E-state index in [0.717, 1.165) is 42.4 Å². The third-order valence-electron chi connectivity index (χ3n) is 10.4. The van der Waals surface area contributed by atoms with Gasteiger partial charge >= 0.3 is 0 Å². The molecule has 3 fully saturated rings. The zero-order valence-corrected chi connectivity index (χ0v) is 22.9. The van der Waals surface area contributed by atoms with Crippen molar-refractivity contribution >= 4 is 11.8 Å². The lowest BCUT2D eigenvalue weighted by Gasteiger charge is -2.59. The van der Waals surface area contributed by atoms with Gasteiger partial charge in [-0.3, -0.25) is 0 Å². The number of rotatable bonds is 4. The molecule has 6 unspecified atom stereocenters. The highest BCUT2D eigenvalue weighted by molar-refractivity contribution is 7.99. The van der Waals surface area contributed by atoms with E-state index in [9.17, 15) is 5.11 Å². The van der Waals surface area contributed by atoms with Crippen molar-refractivity contribution in [1.29, 1.82) is 0 Å². The summed E-state index contributed by atoms with van der Waals surface area (Å²) in [5.41, 5.74) is 1.99. The molecule has 33 heavy (non-hydrogen) atoms. The van der Waals surface area contributed by atoms with E-state index in [2.05, 4.69) is 68.9 Å². The van der Waals surface area contributed by atoms with E-state index in [-0.39, 0.29) is 0 Å². The largest absolute Gasteiger partial charge is 0.390 e. The maximum absolute atomic E-state index is 10.7. The first-order chi connectivity index (χ1) is 15.7. The van der Waals surface area contributed by atoms with E-state index in [1.165, 1.54) is 49.2 Å². The molecule has 0 heterocycles. The predicted octanol–water partition coefficient (Wildman–Crippen LogP) is 8.77. The van der Waals surface area contributed by atoms with Crippen LogP contribution in [0.1, 0.15) is 92.9 Å². The second-order valence-electron chi connectivity index (χ2n) is 12.3. The van der Waals surface area contributed by atoms with Gasteiger partial charge in [-0.15, -0.1) is 11.8 Å². The monoisotopic (exact) mass is 468 g/mol. The molecule has 1 nitrogen and oxygen atoms in total. The normalized spacial score (nSPS) is 42.7. The van der Waals surface area contributed by atoms with Crippen LogP contribution < -0.4 is 0 Å². The highest BCUT2D eigenvalue weighted by Crippen LogP contribution is 2.67. The summed E-state index contributed by atoms with van der Waals surface area (Å²) in [6.45, 7) is 13.8. The van der Waals surface area contributed by atoms with Crippen molar-refractivity contribution in [3.05, 3.63) is 42.0 Å². The van der Waals surface area contributed by atoms with E-state index in [1.54, 1.807) is 5.57 Å². The minimum Gasteiger partial charge on any atom is -0.390 e. The van der Waals surface area contributed by atoms with E-state index < -0.39 is 5.60 Å². The van der Waals surface area contributed by atoms with Crippen LogP contribution in [0.15, 0.2) is 46.9 Å². The molecule has 8 atom stereocenters. The standard InChI is InChI=1S/C29H42OS.C2H6/c1-20(19-31-22-8-6-5-7-9-22)24-12-13-25-23-11-10-21-18-27(2,30)16-17-28(21,3)26(23)14-15-29(24,25)4;1-2/h5-10,20,23-26,30H,11-19H2,1-4H3;1-2H3/t20-,23?,24?,25?,26?,27+,28?,29?;/m1./s1. The first-order valence-electron chi connectivity index (χ1n) is 13.8. The second-order valence-corrected chi connectivity index (χ2v) is 13.4. The Morgan fingerprint density at radius 1 is 0.970 bits per heavy atom. The zero-order chi connectivity index (χ0) is 23.9. The summed E-state index contributed by atoms with van der Waals surface area (Å²) in [6.07, 6.45) is 12.6. The minimum absolute atomic E-state index is 0.347. The molecular formula is C31H48OS. The van der Waals surface area contributed by atoms with Gasteiger partial charge in [0.1, 0.15) is 0 Å². The van der Waals surface area contributed by atoms with Crippen molar-refractivity contribution in [3.63, 3.8) is 0 Å². The third kappa shape index (κ3) is 4.61. The molecule has 3 saturated carbocycles. The zero-order valence-electron chi connectivity index (χ0n) is 22.1. The number of hydrogen-bond donors (Lipinski definition) is 1. The molecule has 4 aliphatic carbocycles. The Hall–Kier alpha value is -0.730. The molecule has 0 amide bonds. The predicted molar refractivity (Wildman–Crippen MR) is 143 cm³/mol. The van der Waals surface area contributed by atoms with Gasteiger partial charge < -0.3 is 5.11 Å². The average molecular weight is 469 g/mol. The van der Waals surface area contributed by atoms with Crippen LogP contribution in [0.25, 0.3) is 0 Å². The smallest absolute Gasteiger partial charge is 0.0657 e. The Bertz CT molecular complexity index is 829. The molecule has 0 spiro atoms. The van der Waals surface area contributed by atoms with E-state index >= 15 is 0 Å². The number of hydrogen-bond acceptors (Lipinski definition) is 2. The number of thioether (sulfide) groups is 1. The highest BCUT2D eigenvalue weighted by Gasteiger charge is 2.59. The molecule has 1 N–H and O–H groups in total. The Morgan fingerprint density at radius 2 is 1.70 bits per heavy atom. The fourth-order valence-corrected chi connectivity index (χ4v) is 9.68. The summed E-state index contributed by atoms with van der Waals surface area (Å²) in [4.78, 5) is 1.42. The Kier molecular flexibility index (Phi) is 7.48. The lowest BCUT2D eigenvalue weighted by Crippen LogP contribution is -2.52. The summed E-state index contributed by atoms with van der Waals surface area (Å²) in [7, 11) is 0. The van der Waals surface area contributed by atoms with Gasteiger partial charge in [-0.05, 0) is 111 Å². The minimum atomic E-state index is -0.480. The van der Waals surface area contributed by atoms with Crippen LogP contribution in [-0.2, 0) is 0 Å². The summed E-state index contributed by atoms with van der Waals surface area (Å²) < 4.78 is 0. The van der Waals surface area contributed by atoms with Crippen LogP contribution >= 0.6 is 11.8 Å². The van der Waals surface area contributed by atoms with Gasteiger partial charge in [0.25, 0.3) is 0 Å². The van der Waals surface area contributed by atoms with Gasteiger partial charge in [0.05, 0.1) is 5.60 Å². The summed E-state index contributed by atoms with van der Waals surface area (Å²) in [5.74, 6) is 5.52.